The third-order valence-corrected chi connectivity index (χ3v) is 4.87. The maximum Gasteiger partial charge on any atom is 0.256 e. The highest BCUT2D eigenvalue weighted by Gasteiger charge is 2.24. The van der Waals surface area contributed by atoms with Gasteiger partial charge in [-0.15, -0.1) is 12.4 Å². The van der Waals surface area contributed by atoms with E-state index in [1.807, 2.05) is 29.3 Å². The molecular weight excluding hydrogens is 346 g/mol. The first-order valence-electron chi connectivity index (χ1n) is 8.87. The van der Waals surface area contributed by atoms with Crippen molar-refractivity contribution in [1.29, 1.82) is 0 Å². The van der Waals surface area contributed by atoms with Gasteiger partial charge >= 0.3 is 0 Å². The lowest BCUT2D eigenvalue weighted by Gasteiger charge is -2.31. The first-order valence-corrected chi connectivity index (χ1v) is 8.87. The summed E-state index contributed by atoms with van der Waals surface area (Å²) in [5.74, 6) is 0.136. The lowest BCUT2D eigenvalue weighted by Crippen LogP contribution is -2.51. The Labute approximate surface area is 160 Å². The molecule has 0 aliphatic carbocycles. The van der Waals surface area contributed by atoms with Gasteiger partial charge in [0.25, 0.3) is 5.91 Å². The normalized spacial score (nSPS) is 17.1. The van der Waals surface area contributed by atoms with Crippen LogP contribution in [-0.4, -0.2) is 41.1 Å². The molecule has 1 amide bonds. The first-order chi connectivity index (χ1) is 12.2. The van der Waals surface area contributed by atoms with Crippen LogP contribution in [0.4, 0.5) is 0 Å². The zero-order valence-corrected chi connectivity index (χ0v) is 15.7. The number of nitrogens with one attached hydrogen (secondary N) is 1. The number of rotatable bonds is 3. The summed E-state index contributed by atoms with van der Waals surface area (Å²) in [6, 6.07) is 18.9. The number of hydrogen-bond acceptors (Lipinski definition) is 2. The second-order valence-corrected chi connectivity index (χ2v) is 6.78. The van der Waals surface area contributed by atoms with Crippen LogP contribution in [0.15, 0.2) is 60.8 Å². The van der Waals surface area contributed by atoms with Gasteiger partial charge in [0, 0.05) is 49.3 Å². The van der Waals surface area contributed by atoms with Crippen LogP contribution in [0.25, 0.3) is 10.9 Å². The summed E-state index contributed by atoms with van der Waals surface area (Å²) in [6.07, 6.45) is 2.02. The molecule has 2 heterocycles. The number of piperazine rings is 1. The zero-order chi connectivity index (χ0) is 17.2. The van der Waals surface area contributed by atoms with E-state index in [4.69, 9.17) is 0 Å². The number of para-hydroxylation sites is 1. The first kappa shape index (κ1) is 18.5. The van der Waals surface area contributed by atoms with E-state index >= 15 is 0 Å². The van der Waals surface area contributed by atoms with E-state index < -0.39 is 0 Å². The molecule has 2 aromatic carbocycles. The van der Waals surface area contributed by atoms with Crippen LogP contribution < -0.4 is 5.32 Å². The summed E-state index contributed by atoms with van der Waals surface area (Å²) in [5.41, 5.74) is 3.15. The summed E-state index contributed by atoms with van der Waals surface area (Å²) in [7, 11) is 0. The van der Waals surface area contributed by atoms with E-state index in [-0.39, 0.29) is 18.3 Å². The standard InChI is InChI=1S/C21H23N3O.ClH/c1-16-13-23(12-11-22-16)21(25)19-15-24(14-17-7-3-2-4-8-17)20-10-6-5-9-18(19)20;/h2-10,15-16,22H,11-14H2,1H3;1H/t16-;/m1./s1. The molecule has 0 radical (unpaired) electrons. The fourth-order valence-corrected chi connectivity index (χ4v) is 3.62. The Bertz CT molecular complexity index is 891. The highest BCUT2D eigenvalue weighted by atomic mass is 35.5. The lowest BCUT2D eigenvalue weighted by atomic mass is 10.1. The predicted octanol–water partition coefficient (Wildman–Crippen LogP) is 3.55. The van der Waals surface area contributed by atoms with Crippen molar-refractivity contribution in [2.24, 2.45) is 0 Å². The smallest absolute Gasteiger partial charge is 0.256 e. The van der Waals surface area contributed by atoms with Crippen molar-refractivity contribution in [2.75, 3.05) is 19.6 Å². The predicted molar refractivity (Wildman–Crippen MR) is 108 cm³/mol. The van der Waals surface area contributed by atoms with Gasteiger partial charge in [0.15, 0.2) is 0 Å². The van der Waals surface area contributed by atoms with E-state index in [2.05, 4.69) is 53.2 Å². The van der Waals surface area contributed by atoms with Gasteiger partial charge in [0.05, 0.1) is 5.56 Å². The minimum Gasteiger partial charge on any atom is -0.342 e. The highest BCUT2D eigenvalue weighted by molar-refractivity contribution is 6.07. The number of benzene rings is 2. The molecule has 136 valence electrons. The van der Waals surface area contributed by atoms with Crippen molar-refractivity contribution >= 4 is 29.2 Å². The van der Waals surface area contributed by atoms with Gasteiger partial charge in [-0.25, -0.2) is 0 Å². The summed E-state index contributed by atoms with van der Waals surface area (Å²) >= 11 is 0. The molecule has 3 aromatic rings. The second kappa shape index (κ2) is 7.94. The van der Waals surface area contributed by atoms with Gasteiger partial charge in [-0.1, -0.05) is 48.5 Å². The third-order valence-electron chi connectivity index (χ3n) is 4.87. The minimum absolute atomic E-state index is 0. The van der Waals surface area contributed by atoms with Gasteiger partial charge in [-0.2, -0.15) is 0 Å². The van der Waals surface area contributed by atoms with Crippen molar-refractivity contribution in [3.8, 4) is 0 Å². The lowest BCUT2D eigenvalue weighted by molar-refractivity contribution is 0.0711. The molecule has 1 fully saturated rings. The molecule has 1 aliphatic heterocycles. The van der Waals surface area contributed by atoms with E-state index in [0.717, 1.165) is 42.6 Å². The quantitative estimate of drug-likeness (QED) is 0.766. The Morgan fingerprint density at radius 2 is 1.85 bits per heavy atom. The summed E-state index contributed by atoms with van der Waals surface area (Å²) in [4.78, 5) is 15.1. The Balaban J connectivity index is 0.00000196. The van der Waals surface area contributed by atoms with Crippen LogP contribution in [0, 0.1) is 0 Å². The molecule has 1 N–H and O–H groups in total. The van der Waals surface area contributed by atoms with E-state index in [0.29, 0.717) is 6.04 Å². The van der Waals surface area contributed by atoms with E-state index in [1.54, 1.807) is 0 Å². The Morgan fingerprint density at radius 3 is 2.62 bits per heavy atom. The van der Waals surface area contributed by atoms with Crippen LogP contribution in [0.1, 0.15) is 22.8 Å². The van der Waals surface area contributed by atoms with Crippen molar-refractivity contribution in [3.05, 3.63) is 71.9 Å². The van der Waals surface area contributed by atoms with E-state index in [9.17, 15) is 4.79 Å². The maximum atomic E-state index is 13.1. The highest BCUT2D eigenvalue weighted by Crippen LogP contribution is 2.24. The molecule has 0 saturated carbocycles. The van der Waals surface area contributed by atoms with Crippen molar-refractivity contribution in [2.45, 2.75) is 19.5 Å². The van der Waals surface area contributed by atoms with Gasteiger partial charge in [0.2, 0.25) is 0 Å². The molecule has 26 heavy (non-hydrogen) atoms. The monoisotopic (exact) mass is 369 g/mol. The summed E-state index contributed by atoms with van der Waals surface area (Å²) in [6.45, 7) is 5.28. The number of aromatic nitrogens is 1. The molecule has 4 rings (SSSR count). The molecule has 0 unspecified atom stereocenters. The fraction of sp³-hybridized carbons (Fsp3) is 0.286. The maximum absolute atomic E-state index is 13.1. The van der Waals surface area contributed by atoms with Gasteiger partial charge < -0.3 is 14.8 Å². The van der Waals surface area contributed by atoms with Crippen LogP contribution in [-0.2, 0) is 6.54 Å². The molecule has 1 aliphatic rings. The Hall–Kier alpha value is -2.30. The molecular formula is C21H24ClN3O. The number of carbonyl (C=O) groups is 1. The second-order valence-electron chi connectivity index (χ2n) is 6.78. The number of nitrogens with zero attached hydrogens (tertiary/aromatic N) is 2. The number of halogens is 1. The number of carbonyl (C=O) groups excluding carboxylic acids is 1. The van der Waals surface area contributed by atoms with Crippen LogP contribution in [0.3, 0.4) is 0 Å². The Kier molecular flexibility index (Phi) is 5.64. The molecule has 0 spiro atoms. The molecule has 1 saturated heterocycles. The fourth-order valence-electron chi connectivity index (χ4n) is 3.62. The topological polar surface area (TPSA) is 37.3 Å². The molecule has 5 heteroatoms. The van der Waals surface area contributed by atoms with Gasteiger partial charge in [0.1, 0.15) is 0 Å². The number of amides is 1. The SMILES string of the molecule is C[C@@H]1CN(C(=O)c2cn(Cc3ccccc3)c3ccccc23)CCN1.Cl. The van der Waals surface area contributed by atoms with Gasteiger partial charge in [-0.3, -0.25) is 4.79 Å². The van der Waals surface area contributed by atoms with Crippen LogP contribution >= 0.6 is 12.4 Å². The van der Waals surface area contributed by atoms with Crippen LogP contribution in [0.5, 0.6) is 0 Å². The van der Waals surface area contributed by atoms with Crippen molar-refractivity contribution < 1.29 is 4.79 Å². The molecule has 4 nitrogen and oxygen atoms in total. The van der Waals surface area contributed by atoms with Crippen molar-refractivity contribution in [1.82, 2.24) is 14.8 Å². The summed E-state index contributed by atoms with van der Waals surface area (Å²) < 4.78 is 2.18. The minimum atomic E-state index is 0. The molecule has 0 bridgehead atoms. The summed E-state index contributed by atoms with van der Waals surface area (Å²) in [5, 5.41) is 4.43. The van der Waals surface area contributed by atoms with Gasteiger partial charge in [-0.05, 0) is 18.6 Å². The average Bonchev–Trinajstić information content (AvgIpc) is 3.01. The van der Waals surface area contributed by atoms with E-state index in [1.165, 1.54) is 5.56 Å². The Morgan fingerprint density at radius 1 is 1.12 bits per heavy atom. The van der Waals surface area contributed by atoms with Crippen LogP contribution in [0.2, 0.25) is 0 Å². The molecule has 1 atom stereocenters. The number of hydrogen-bond donors (Lipinski definition) is 1. The number of fused-ring (bicyclic) bond motifs is 1. The average molecular weight is 370 g/mol. The third kappa shape index (κ3) is 3.62. The largest absolute Gasteiger partial charge is 0.342 e. The zero-order valence-electron chi connectivity index (χ0n) is 14.9. The van der Waals surface area contributed by atoms with Crippen molar-refractivity contribution in [3.63, 3.8) is 0 Å². The molecule has 1 aromatic heterocycles.